The third-order valence-electron chi connectivity index (χ3n) is 3.30. The lowest BCUT2D eigenvalue weighted by atomic mass is 9.88. The van der Waals surface area contributed by atoms with E-state index in [9.17, 15) is 4.79 Å². The van der Waals surface area contributed by atoms with Crippen LogP contribution >= 0.6 is 0 Å². The molecule has 4 heteroatoms. The molecule has 0 aromatic heterocycles. The summed E-state index contributed by atoms with van der Waals surface area (Å²) in [5.41, 5.74) is 6.40. The molecule has 1 amide bonds. The first-order valence-electron chi connectivity index (χ1n) is 5.59. The van der Waals surface area contributed by atoms with Gasteiger partial charge in [-0.05, 0) is 56.0 Å². The molecule has 94 valence electrons. The van der Waals surface area contributed by atoms with Gasteiger partial charge in [0.25, 0.3) is 0 Å². The molecule has 0 heterocycles. The lowest BCUT2D eigenvalue weighted by Gasteiger charge is -2.20. The number of ether oxygens (including phenoxy) is 1. The number of carbonyl (C=O) groups is 1. The average molecular weight is 236 g/mol. The molecular weight excluding hydrogens is 216 g/mol. The molecule has 0 radical (unpaired) electrons. The van der Waals surface area contributed by atoms with Gasteiger partial charge in [-0.2, -0.15) is 0 Å². The number of methoxy groups -OCH3 is 1. The van der Waals surface area contributed by atoms with Gasteiger partial charge < -0.3 is 4.74 Å². The molecule has 0 aliphatic rings. The van der Waals surface area contributed by atoms with Crippen LogP contribution < -0.4 is 16.0 Å². The van der Waals surface area contributed by atoms with Crippen LogP contribution in [0.2, 0.25) is 0 Å². The second-order valence-electron chi connectivity index (χ2n) is 4.29. The topological polar surface area (TPSA) is 64.3 Å². The molecule has 3 N–H and O–H groups in total. The highest BCUT2D eigenvalue weighted by Crippen LogP contribution is 2.32. The van der Waals surface area contributed by atoms with Gasteiger partial charge in [-0.3, -0.25) is 10.2 Å². The molecule has 0 spiro atoms. The van der Waals surface area contributed by atoms with Crippen molar-refractivity contribution in [2.75, 3.05) is 7.11 Å². The molecule has 1 rings (SSSR count). The number of amides is 1. The lowest BCUT2D eigenvalue weighted by Crippen LogP contribution is -2.34. The van der Waals surface area contributed by atoms with Crippen molar-refractivity contribution in [3.05, 3.63) is 28.3 Å². The fourth-order valence-electron chi connectivity index (χ4n) is 2.20. The number of hydrogen-bond donors (Lipinski definition) is 2. The number of nitrogens with two attached hydrogens (primary N) is 1. The maximum absolute atomic E-state index is 11.6. The van der Waals surface area contributed by atoms with Gasteiger partial charge in [0.2, 0.25) is 5.91 Å². The van der Waals surface area contributed by atoms with E-state index in [1.165, 1.54) is 0 Å². The fourth-order valence-corrected chi connectivity index (χ4v) is 2.20. The first kappa shape index (κ1) is 13.5. The summed E-state index contributed by atoms with van der Waals surface area (Å²) < 4.78 is 5.30. The van der Waals surface area contributed by atoms with Crippen LogP contribution in [-0.2, 0) is 4.79 Å². The van der Waals surface area contributed by atoms with E-state index in [1.807, 2.05) is 33.8 Å². The molecule has 4 nitrogen and oxygen atoms in total. The number of nitrogens with one attached hydrogen (secondary N) is 1. The first-order valence-corrected chi connectivity index (χ1v) is 5.59. The van der Waals surface area contributed by atoms with Crippen molar-refractivity contribution in [1.29, 1.82) is 0 Å². The number of benzene rings is 1. The van der Waals surface area contributed by atoms with Crippen molar-refractivity contribution < 1.29 is 9.53 Å². The zero-order chi connectivity index (χ0) is 13.2. The minimum Gasteiger partial charge on any atom is -0.496 e. The van der Waals surface area contributed by atoms with Crippen LogP contribution in [0.1, 0.15) is 35.1 Å². The third-order valence-corrected chi connectivity index (χ3v) is 3.30. The summed E-state index contributed by atoms with van der Waals surface area (Å²) in [7, 11) is 1.65. The molecule has 0 saturated heterocycles. The second kappa shape index (κ2) is 5.19. The van der Waals surface area contributed by atoms with Crippen LogP contribution in [0.15, 0.2) is 6.07 Å². The Kier molecular flexibility index (Phi) is 4.12. The van der Waals surface area contributed by atoms with Crippen LogP contribution in [0.5, 0.6) is 5.75 Å². The molecule has 1 atom stereocenters. The SMILES string of the molecule is COc1cc(C)c(C(C)C(=O)NN)c(C)c1C. The Morgan fingerprint density at radius 1 is 1.35 bits per heavy atom. The van der Waals surface area contributed by atoms with Crippen LogP contribution in [0.3, 0.4) is 0 Å². The Labute approximate surface area is 102 Å². The molecule has 1 aromatic rings. The number of aryl methyl sites for hydroxylation is 1. The molecule has 0 fully saturated rings. The van der Waals surface area contributed by atoms with Crippen LogP contribution in [0.25, 0.3) is 0 Å². The smallest absolute Gasteiger partial charge is 0.241 e. The van der Waals surface area contributed by atoms with Crippen LogP contribution in [-0.4, -0.2) is 13.0 Å². The highest BCUT2D eigenvalue weighted by Gasteiger charge is 2.20. The normalized spacial score (nSPS) is 12.1. The zero-order valence-corrected chi connectivity index (χ0v) is 11.0. The molecule has 0 saturated carbocycles. The van der Waals surface area contributed by atoms with Gasteiger partial charge in [0.15, 0.2) is 0 Å². The molecule has 0 aliphatic carbocycles. The van der Waals surface area contributed by atoms with Crippen molar-refractivity contribution >= 4 is 5.91 Å². The van der Waals surface area contributed by atoms with Crippen molar-refractivity contribution in [2.45, 2.75) is 33.6 Å². The van der Waals surface area contributed by atoms with Crippen molar-refractivity contribution in [3.8, 4) is 5.75 Å². The van der Waals surface area contributed by atoms with E-state index in [0.29, 0.717) is 0 Å². The number of rotatable bonds is 3. The predicted molar refractivity (Wildman–Crippen MR) is 68.0 cm³/mol. The van der Waals surface area contributed by atoms with Crippen molar-refractivity contribution in [2.24, 2.45) is 5.84 Å². The summed E-state index contributed by atoms with van der Waals surface area (Å²) in [6.45, 7) is 7.82. The van der Waals surface area contributed by atoms with E-state index in [1.54, 1.807) is 7.11 Å². The van der Waals surface area contributed by atoms with E-state index in [2.05, 4.69) is 5.43 Å². The molecule has 17 heavy (non-hydrogen) atoms. The quantitative estimate of drug-likeness (QED) is 0.477. The second-order valence-corrected chi connectivity index (χ2v) is 4.29. The highest BCUT2D eigenvalue weighted by molar-refractivity contribution is 5.83. The Bertz CT molecular complexity index is 442. The van der Waals surface area contributed by atoms with Gasteiger partial charge in [0.05, 0.1) is 13.0 Å². The Morgan fingerprint density at radius 2 is 1.94 bits per heavy atom. The Morgan fingerprint density at radius 3 is 2.41 bits per heavy atom. The van der Waals surface area contributed by atoms with Gasteiger partial charge >= 0.3 is 0 Å². The van der Waals surface area contributed by atoms with Crippen LogP contribution in [0.4, 0.5) is 0 Å². The number of hydrogen-bond acceptors (Lipinski definition) is 3. The van der Waals surface area contributed by atoms with E-state index in [0.717, 1.165) is 28.0 Å². The van der Waals surface area contributed by atoms with Gasteiger partial charge in [0, 0.05) is 0 Å². The maximum Gasteiger partial charge on any atom is 0.241 e. The summed E-state index contributed by atoms with van der Waals surface area (Å²) >= 11 is 0. The van der Waals surface area contributed by atoms with Gasteiger partial charge in [-0.25, -0.2) is 5.84 Å². The van der Waals surface area contributed by atoms with Gasteiger partial charge in [0.1, 0.15) is 5.75 Å². The van der Waals surface area contributed by atoms with E-state index >= 15 is 0 Å². The minimum atomic E-state index is -0.260. The third kappa shape index (κ3) is 2.42. The molecule has 1 unspecified atom stereocenters. The highest BCUT2D eigenvalue weighted by atomic mass is 16.5. The standard InChI is InChI=1S/C13H20N2O2/c1-7-6-11(17-5)8(2)9(3)12(7)10(4)13(16)15-14/h6,10H,14H2,1-5H3,(H,15,16). The minimum absolute atomic E-state index is 0.180. The largest absolute Gasteiger partial charge is 0.496 e. The summed E-state index contributed by atoms with van der Waals surface area (Å²) in [6.07, 6.45) is 0. The Balaban J connectivity index is 3.35. The maximum atomic E-state index is 11.6. The zero-order valence-electron chi connectivity index (χ0n) is 11.0. The van der Waals surface area contributed by atoms with E-state index in [-0.39, 0.29) is 11.8 Å². The molecular formula is C13H20N2O2. The van der Waals surface area contributed by atoms with E-state index < -0.39 is 0 Å². The molecule has 0 aliphatic heterocycles. The average Bonchev–Trinajstić information content (AvgIpc) is 2.32. The first-order chi connectivity index (χ1) is 7.93. The number of hydrazine groups is 1. The molecule has 1 aromatic carbocycles. The number of carbonyl (C=O) groups excluding carboxylic acids is 1. The predicted octanol–water partition coefficient (Wildman–Crippen LogP) is 1.71. The Hall–Kier alpha value is -1.55. The summed E-state index contributed by atoms with van der Waals surface area (Å²) in [5.74, 6) is 5.59. The van der Waals surface area contributed by atoms with Gasteiger partial charge in [-0.15, -0.1) is 0 Å². The fraction of sp³-hybridized carbons (Fsp3) is 0.462. The monoisotopic (exact) mass is 236 g/mol. The van der Waals surface area contributed by atoms with Crippen molar-refractivity contribution in [3.63, 3.8) is 0 Å². The summed E-state index contributed by atoms with van der Waals surface area (Å²) in [6, 6.07) is 1.96. The van der Waals surface area contributed by atoms with E-state index in [4.69, 9.17) is 10.6 Å². The van der Waals surface area contributed by atoms with Crippen molar-refractivity contribution in [1.82, 2.24) is 5.43 Å². The van der Waals surface area contributed by atoms with Gasteiger partial charge in [-0.1, -0.05) is 0 Å². The molecule has 0 bridgehead atoms. The summed E-state index contributed by atoms with van der Waals surface area (Å²) in [4.78, 5) is 11.6. The van der Waals surface area contributed by atoms with Crippen LogP contribution in [0, 0.1) is 20.8 Å². The summed E-state index contributed by atoms with van der Waals surface area (Å²) in [5, 5.41) is 0. The lowest BCUT2D eigenvalue weighted by molar-refractivity contribution is -0.122.